The maximum Gasteiger partial charge on any atom is 0.219 e. The predicted molar refractivity (Wildman–Crippen MR) is 203 cm³/mol. The molecule has 3 heterocycles. The van der Waals surface area contributed by atoms with Crippen LogP contribution in [0.4, 0.5) is 0 Å². The lowest BCUT2D eigenvalue weighted by molar-refractivity contribution is -0.366. The van der Waals surface area contributed by atoms with Gasteiger partial charge in [0.2, 0.25) is 5.91 Å². The van der Waals surface area contributed by atoms with E-state index in [1.165, 1.54) is 32.1 Å². The third-order valence-electron chi connectivity index (χ3n) is 10.9. The fourth-order valence-corrected chi connectivity index (χ4v) is 7.32. The van der Waals surface area contributed by atoms with Gasteiger partial charge in [-0.2, -0.15) is 0 Å². The average Bonchev–Trinajstić information content (AvgIpc) is 3.21. The van der Waals surface area contributed by atoms with Crippen LogP contribution >= 0.6 is 0 Å². The number of carbonyl (C=O) groups is 2. The number of aliphatic hydroxyl groups is 10. The molecular weight excluding hydrogens is 770 g/mol. The first kappa shape index (κ1) is 50.9. The lowest BCUT2D eigenvalue weighted by Gasteiger charge is -2.46. The molecule has 0 unspecified atom stereocenters. The Morgan fingerprint density at radius 1 is 0.500 bits per heavy atom. The van der Waals surface area contributed by atoms with Gasteiger partial charge in [0.15, 0.2) is 18.9 Å². The largest absolute Gasteiger partial charge is 0.394 e. The van der Waals surface area contributed by atoms with E-state index in [2.05, 4.69) is 5.32 Å². The number of nitrogens with one attached hydrogen (secondary N) is 1. The molecule has 3 aliphatic rings. The minimum atomic E-state index is -1.86. The van der Waals surface area contributed by atoms with Crippen molar-refractivity contribution in [1.29, 1.82) is 0 Å². The molecule has 0 saturated carbocycles. The lowest BCUT2D eigenvalue weighted by atomic mass is 9.96. The van der Waals surface area contributed by atoms with Gasteiger partial charge in [-0.3, -0.25) is 9.59 Å². The fourth-order valence-electron chi connectivity index (χ4n) is 7.32. The summed E-state index contributed by atoms with van der Waals surface area (Å²) in [5, 5.41) is 106. The summed E-state index contributed by atoms with van der Waals surface area (Å²) in [5.41, 5.74) is 0. The van der Waals surface area contributed by atoms with Crippen LogP contribution in [0.15, 0.2) is 0 Å². The van der Waals surface area contributed by atoms with Gasteiger partial charge in [0.25, 0.3) is 0 Å². The lowest BCUT2D eigenvalue weighted by Crippen LogP contribution is -2.65. The maximum absolute atomic E-state index is 12.6. The summed E-state index contributed by atoms with van der Waals surface area (Å²) in [6.45, 7) is 0.515. The zero-order valence-corrected chi connectivity index (χ0v) is 33.7. The molecule has 3 aliphatic heterocycles. The number of carbonyl (C=O) groups excluding carboxylic acids is 2. The minimum absolute atomic E-state index is 0.0489. The Morgan fingerprint density at radius 3 is 1.48 bits per heavy atom. The number of rotatable bonds is 28. The van der Waals surface area contributed by atoms with E-state index in [0.29, 0.717) is 19.4 Å². The molecule has 0 aromatic carbocycles. The van der Waals surface area contributed by atoms with Crippen molar-refractivity contribution in [3.05, 3.63) is 0 Å². The van der Waals surface area contributed by atoms with Crippen molar-refractivity contribution in [3.8, 4) is 0 Å². The fraction of sp³-hybridized carbons (Fsp3) is 0.949. The summed E-state index contributed by atoms with van der Waals surface area (Å²) >= 11 is 0. The monoisotopic (exact) mass is 841 g/mol. The molecule has 58 heavy (non-hydrogen) atoms. The predicted octanol–water partition coefficient (Wildman–Crippen LogP) is -1.60. The Balaban J connectivity index is 1.40. The minimum Gasteiger partial charge on any atom is -0.394 e. The van der Waals surface area contributed by atoms with Crippen LogP contribution in [-0.4, -0.2) is 188 Å². The van der Waals surface area contributed by atoms with Crippen molar-refractivity contribution in [2.45, 2.75) is 202 Å². The third-order valence-corrected chi connectivity index (χ3v) is 10.9. The van der Waals surface area contributed by atoms with Crippen LogP contribution in [-0.2, 0) is 38.0 Å². The molecule has 0 bridgehead atoms. The quantitative estimate of drug-likeness (QED) is 0.0395. The second-order valence-corrected chi connectivity index (χ2v) is 15.6. The number of hydrogen-bond donors (Lipinski definition) is 11. The molecule has 0 aromatic rings. The second-order valence-electron chi connectivity index (χ2n) is 15.6. The Labute approximate surface area is 340 Å². The van der Waals surface area contributed by atoms with E-state index < -0.39 is 112 Å². The molecular formula is C39H71NO18. The summed E-state index contributed by atoms with van der Waals surface area (Å²) < 4.78 is 33.6. The highest BCUT2D eigenvalue weighted by atomic mass is 16.7. The summed E-state index contributed by atoms with van der Waals surface area (Å²) in [7, 11) is 0. The maximum atomic E-state index is 12.6. The first-order chi connectivity index (χ1) is 27.8. The number of ketones is 1. The number of ether oxygens (including phenoxy) is 6. The van der Waals surface area contributed by atoms with Crippen LogP contribution in [0.1, 0.15) is 110 Å². The Kier molecular flexibility index (Phi) is 24.1. The SMILES string of the molecule is CCNC(=O)CCCCCCCCCCCCCCC(=O)CCCO[C@H]1O[C@H](CO[C@H]2O[C@H](CO)[C@@H](O)[C@H](O)[C@@H]2O)[C@@H](O)[C@H](O[C@H]2O[C@H](CO)[C@@H](O)[C@H](O)[C@@H]2O)[C@@H]1O. The smallest absolute Gasteiger partial charge is 0.219 e. The van der Waals surface area contributed by atoms with Crippen LogP contribution in [0.2, 0.25) is 0 Å². The van der Waals surface area contributed by atoms with Crippen LogP contribution < -0.4 is 5.32 Å². The molecule has 0 aliphatic carbocycles. The van der Waals surface area contributed by atoms with Gasteiger partial charge in [-0.25, -0.2) is 0 Å². The highest BCUT2D eigenvalue weighted by Crippen LogP contribution is 2.31. The summed E-state index contributed by atoms with van der Waals surface area (Å²) in [5.74, 6) is 0.194. The van der Waals surface area contributed by atoms with Crippen LogP contribution in [0.3, 0.4) is 0 Å². The molecule has 0 radical (unpaired) electrons. The van der Waals surface area contributed by atoms with E-state index in [9.17, 15) is 60.7 Å². The van der Waals surface area contributed by atoms with E-state index in [-0.39, 0.29) is 31.1 Å². The Hall–Kier alpha value is -1.50. The molecule has 11 N–H and O–H groups in total. The highest BCUT2D eigenvalue weighted by Gasteiger charge is 2.52. The number of unbranched alkanes of at least 4 members (excludes halogenated alkanes) is 11. The van der Waals surface area contributed by atoms with E-state index in [0.717, 1.165) is 44.9 Å². The van der Waals surface area contributed by atoms with Crippen LogP contribution in [0, 0.1) is 0 Å². The molecule has 0 aromatic heterocycles. The number of Topliss-reactive ketones (excluding diaryl/α,β-unsaturated/α-hetero) is 1. The number of hydrogen-bond acceptors (Lipinski definition) is 18. The summed E-state index contributed by atoms with van der Waals surface area (Å²) in [4.78, 5) is 24.0. The highest BCUT2D eigenvalue weighted by molar-refractivity contribution is 5.78. The standard InChI is InChI=1S/C39H71NO18/c1-2-40-27(44)18-14-12-10-8-6-4-3-5-7-9-11-13-16-23(43)17-15-19-53-38-35(52)36(58-39-34(51)32(49)29(46)25(21-42)56-39)30(47)26(57-38)22-54-37-33(50)31(48)28(45)24(20-41)55-37/h24-26,28-39,41-42,45-52H,2-22H2,1H3,(H,40,44)/t24-,25-,26-,28-,29-,30-,31+,32+,33+,34+,35+,36+,37+,38+,39-/m1/s1. The van der Waals surface area contributed by atoms with Crippen molar-refractivity contribution < 1.29 is 89.1 Å². The summed E-state index contributed by atoms with van der Waals surface area (Å²) in [6.07, 6.45) is -9.81. The zero-order chi connectivity index (χ0) is 42.6. The van der Waals surface area contributed by atoms with Crippen molar-refractivity contribution in [2.75, 3.05) is 33.0 Å². The van der Waals surface area contributed by atoms with Crippen molar-refractivity contribution >= 4 is 11.7 Å². The topological polar surface area (TPSA) is 304 Å². The van der Waals surface area contributed by atoms with Gasteiger partial charge < -0.3 is 84.8 Å². The average molecular weight is 842 g/mol. The molecule has 19 nitrogen and oxygen atoms in total. The normalized spacial score (nSPS) is 35.5. The van der Waals surface area contributed by atoms with Crippen molar-refractivity contribution in [2.24, 2.45) is 0 Å². The van der Waals surface area contributed by atoms with E-state index in [1.54, 1.807) is 0 Å². The van der Waals surface area contributed by atoms with Gasteiger partial charge in [0.05, 0.1) is 26.4 Å². The molecule has 3 rings (SSSR count). The van der Waals surface area contributed by atoms with Gasteiger partial charge in [-0.15, -0.1) is 0 Å². The Bertz CT molecular complexity index is 1140. The first-order valence-corrected chi connectivity index (χ1v) is 21.1. The number of amides is 1. The van der Waals surface area contributed by atoms with Gasteiger partial charge in [-0.05, 0) is 26.2 Å². The van der Waals surface area contributed by atoms with Gasteiger partial charge >= 0.3 is 0 Å². The van der Waals surface area contributed by atoms with Gasteiger partial charge in [0.1, 0.15) is 79.0 Å². The molecule has 15 atom stereocenters. The molecule has 1 amide bonds. The Morgan fingerprint density at radius 2 is 0.948 bits per heavy atom. The molecule has 3 saturated heterocycles. The number of aliphatic hydroxyl groups excluding tert-OH is 10. The van der Waals surface area contributed by atoms with Crippen LogP contribution in [0.5, 0.6) is 0 Å². The van der Waals surface area contributed by atoms with E-state index in [4.69, 9.17) is 28.4 Å². The molecule has 340 valence electrons. The van der Waals surface area contributed by atoms with Crippen LogP contribution in [0.25, 0.3) is 0 Å². The summed E-state index contributed by atoms with van der Waals surface area (Å²) in [6, 6.07) is 0. The third kappa shape index (κ3) is 16.1. The molecule has 3 fully saturated rings. The van der Waals surface area contributed by atoms with Gasteiger partial charge in [0, 0.05) is 25.8 Å². The molecule has 19 heteroatoms. The zero-order valence-electron chi connectivity index (χ0n) is 33.7. The van der Waals surface area contributed by atoms with E-state index in [1.807, 2.05) is 6.92 Å². The molecule has 0 spiro atoms. The van der Waals surface area contributed by atoms with Gasteiger partial charge in [-0.1, -0.05) is 64.2 Å². The van der Waals surface area contributed by atoms with Crippen molar-refractivity contribution in [3.63, 3.8) is 0 Å². The first-order valence-electron chi connectivity index (χ1n) is 21.1. The van der Waals surface area contributed by atoms with E-state index >= 15 is 0 Å². The second kappa shape index (κ2) is 27.4. The van der Waals surface area contributed by atoms with Crippen molar-refractivity contribution in [1.82, 2.24) is 5.32 Å².